The number of aromatic nitrogens is 2. The molecule has 1 N–H and O–H groups in total. The molecule has 3 aromatic rings. The second-order valence-electron chi connectivity index (χ2n) is 7.20. The van der Waals surface area contributed by atoms with Crippen LogP contribution in [0.15, 0.2) is 60.8 Å². The minimum Gasteiger partial charge on any atom is -0.492 e. The van der Waals surface area contributed by atoms with E-state index in [9.17, 15) is 9.59 Å². The van der Waals surface area contributed by atoms with Gasteiger partial charge in [-0.1, -0.05) is 30.3 Å². The average Bonchev–Trinajstić information content (AvgIpc) is 3.34. The van der Waals surface area contributed by atoms with E-state index in [0.717, 1.165) is 24.2 Å². The highest BCUT2D eigenvalue weighted by atomic mass is 16.5. The molecule has 0 unspecified atom stereocenters. The highest BCUT2D eigenvalue weighted by Crippen LogP contribution is 2.22. The number of carbonyl (C=O) groups excluding carboxylic acids is 2. The number of rotatable bonds is 7. The van der Waals surface area contributed by atoms with Gasteiger partial charge in [0.05, 0.1) is 18.4 Å². The Morgan fingerprint density at radius 3 is 2.60 bits per heavy atom. The van der Waals surface area contributed by atoms with Crippen LogP contribution in [0, 0.1) is 0 Å². The number of imidazole rings is 1. The molecule has 1 aliphatic rings. The minimum absolute atomic E-state index is 0.190. The second-order valence-corrected chi connectivity index (χ2v) is 7.20. The molecule has 7 heteroatoms. The predicted octanol–water partition coefficient (Wildman–Crippen LogP) is 3.34. The summed E-state index contributed by atoms with van der Waals surface area (Å²) in [5.41, 5.74) is 2.47. The Hall–Kier alpha value is -3.61. The summed E-state index contributed by atoms with van der Waals surface area (Å²) in [7, 11) is 1.87. The van der Waals surface area contributed by atoms with Gasteiger partial charge in [-0.3, -0.25) is 14.9 Å². The van der Waals surface area contributed by atoms with Crippen LogP contribution in [0.4, 0.5) is 5.95 Å². The van der Waals surface area contributed by atoms with E-state index in [1.54, 1.807) is 30.5 Å². The van der Waals surface area contributed by atoms with Crippen LogP contribution in [0.2, 0.25) is 0 Å². The van der Waals surface area contributed by atoms with Crippen LogP contribution >= 0.6 is 0 Å². The van der Waals surface area contributed by atoms with Crippen LogP contribution in [0.5, 0.6) is 5.75 Å². The first kappa shape index (κ1) is 19.7. The molecule has 1 aromatic heterocycles. The summed E-state index contributed by atoms with van der Waals surface area (Å²) in [4.78, 5) is 30.4. The predicted molar refractivity (Wildman–Crippen MR) is 114 cm³/mol. The van der Waals surface area contributed by atoms with E-state index in [1.165, 1.54) is 0 Å². The number of likely N-dealkylation sites (tertiary alicyclic amines) is 1. The smallest absolute Gasteiger partial charge is 0.257 e. The van der Waals surface area contributed by atoms with E-state index in [-0.39, 0.29) is 11.8 Å². The standard InChI is InChI=1S/C23H24N4O3/c1-26-20(17-6-3-2-4-7-17)16-24-23(26)25-22(29)18-9-11-19(12-10-18)30-15-14-27-13-5-8-21(27)28/h2-4,6-7,9-12,16H,5,8,13-15H2,1H3,(H,24,25,29). The van der Waals surface area contributed by atoms with Crippen molar-refractivity contribution in [2.75, 3.05) is 25.0 Å². The average molecular weight is 404 g/mol. The number of anilines is 1. The van der Waals surface area contributed by atoms with Crippen LogP contribution in [-0.2, 0) is 11.8 Å². The molecule has 2 heterocycles. The van der Waals surface area contributed by atoms with E-state index in [1.807, 2.05) is 46.8 Å². The Balaban J connectivity index is 1.34. The number of amides is 2. The molecule has 1 aliphatic heterocycles. The maximum absolute atomic E-state index is 12.6. The molecule has 7 nitrogen and oxygen atoms in total. The molecule has 0 radical (unpaired) electrons. The molecule has 2 amide bonds. The lowest BCUT2D eigenvalue weighted by Crippen LogP contribution is -2.29. The van der Waals surface area contributed by atoms with Gasteiger partial charge in [0.25, 0.3) is 5.91 Å². The number of carbonyl (C=O) groups is 2. The molecule has 2 aromatic carbocycles. The summed E-state index contributed by atoms with van der Waals surface area (Å²) in [6.45, 7) is 1.83. The number of nitrogens with one attached hydrogen (secondary N) is 1. The van der Waals surface area contributed by atoms with Gasteiger partial charge in [0.1, 0.15) is 12.4 Å². The van der Waals surface area contributed by atoms with Crippen LogP contribution in [-0.4, -0.2) is 46.0 Å². The van der Waals surface area contributed by atoms with E-state index >= 15 is 0 Å². The lowest BCUT2D eigenvalue weighted by atomic mass is 10.2. The molecule has 0 aliphatic carbocycles. The van der Waals surface area contributed by atoms with E-state index in [4.69, 9.17) is 4.74 Å². The van der Waals surface area contributed by atoms with Gasteiger partial charge in [-0.05, 0) is 36.2 Å². The number of nitrogens with zero attached hydrogens (tertiary/aromatic N) is 3. The first-order valence-corrected chi connectivity index (χ1v) is 10.0. The maximum atomic E-state index is 12.6. The number of hydrogen-bond donors (Lipinski definition) is 1. The fourth-order valence-corrected chi connectivity index (χ4v) is 3.49. The Labute approximate surface area is 175 Å². The molecular formula is C23H24N4O3. The molecule has 4 rings (SSSR count). The van der Waals surface area contributed by atoms with Gasteiger partial charge in [0.15, 0.2) is 0 Å². The van der Waals surface area contributed by atoms with Crippen molar-refractivity contribution in [3.05, 3.63) is 66.4 Å². The molecule has 154 valence electrons. The fraction of sp³-hybridized carbons (Fsp3) is 0.261. The highest BCUT2D eigenvalue weighted by Gasteiger charge is 2.19. The van der Waals surface area contributed by atoms with E-state index in [2.05, 4.69) is 10.3 Å². The van der Waals surface area contributed by atoms with E-state index < -0.39 is 0 Å². The number of ether oxygens (including phenoxy) is 1. The third-order valence-electron chi connectivity index (χ3n) is 5.20. The topological polar surface area (TPSA) is 76.5 Å². The number of hydrogen-bond acceptors (Lipinski definition) is 4. The van der Waals surface area contributed by atoms with Gasteiger partial charge in [-0.2, -0.15) is 0 Å². The second kappa shape index (κ2) is 8.82. The van der Waals surface area contributed by atoms with Gasteiger partial charge in [0, 0.05) is 25.6 Å². The number of benzene rings is 2. The maximum Gasteiger partial charge on any atom is 0.257 e. The van der Waals surface area contributed by atoms with Crippen LogP contribution in [0.1, 0.15) is 23.2 Å². The van der Waals surface area contributed by atoms with Gasteiger partial charge in [0.2, 0.25) is 11.9 Å². The summed E-state index contributed by atoms with van der Waals surface area (Å²) < 4.78 is 7.55. The molecule has 0 saturated carbocycles. The first-order valence-electron chi connectivity index (χ1n) is 10.0. The Kier molecular flexibility index (Phi) is 5.79. The van der Waals surface area contributed by atoms with Crippen molar-refractivity contribution in [2.24, 2.45) is 7.05 Å². The Morgan fingerprint density at radius 1 is 1.13 bits per heavy atom. The molecule has 0 bridgehead atoms. The van der Waals surface area contributed by atoms with Crippen molar-refractivity contribution in [1.29, 1.82) is 0 Å². The molecule has 30 heavy (non-hydrogen) atoms. The van der Waals surface area contributed by atoms with Crippen LogP contribution in [0.3, 0.4) is 0 Å². The third-order valence-corrected chi connectivity index (χ3v) is 5.20. The SMILES string of the molecule is Cn1c(-c2ccccc2)cnc1NC(=O)c1ccc(OCCN2CCCC2=O)cc1. The lowest BCUT2D eigenvalue weighted by molar-refractivity contribution is -0.128. The normalized spacial score (nSPS) is 13.5. The van der Waals surface area contributed by atoms with Gasteiger partial charge < -0.3 is 14.2 Å². The van der Waals surface area contributed by atoms with Gasteiger partial charge in [-0.15, -0.1) is 0 Å². The van der Waals surface area contributed by atoms with Gasteiger partial charge >= 0.3 is 0 Å². The quantitative estimate of drug-likeness (QED) is 0.655. The minimum atomic E-state index is -0.238. The molecular weight excluding hydrogens is 380 g/mol. The van der Waals surface area contributed by atoms with Crippen molar-refractivity contribution < 1.29 is 14.3 Å². The largest absolute Gasteiger partial charge is 0.492 e. The van der Waals surface area contributed by atoms with Crippen molar-refractivity contribution in [3.8, 4) is 17.0 Å². The first-order chi connectivity index (χ1) is 14.6. The van der Waals surface area contributed by atoms with Gasteiger partial charge in [-0.25, -0.2) is 4.98 Å². The fourth-order valence-electron chi connectivity index (χ4n) is 3.49. The zero-order chi connectivity index (χ0) is 20.9. The monoisotopic (exact) mass is 404 g/mol. The van der Waals surface area contributed by atoms with E-state index in [0.29, 0.717) is 36.8 Å². The summed E-state index contributed by atoms with van der Waals surface area (Å²) >= 11 is 0. The third kappa shape index (κ3) is 4.35. The highest BCUT2D eigenvalue weighted by molar-refractivity contribution is 6.03. The van der Waals surface area contributed by atoms with Crippen LogP contribution < -0.4 is 10.1 Å². The molecule has 1 fully saturated rings. The lowest BCUT2D eigenvalue weighted by Gasteiger charge is -2.15. The van der Waals surface area contributed by atoms with Crippen molar-refractivity contribution in [2.45, 2.75) is 12.8 Å². The Bertz CT molecular complexity index is 1030. The molecule has 0 spiro atoms. The summed E-state index contributed by atoms with van der Waals surface area (Å²) in [5, 5.41) is 2.85. The molecule has 1 saturated heterocycles. The van der Waals surface area contributed by atoms with Crippen molar-refractivity contribution in [1.82, 2.24) is 14.5 Å². The zero-order valence-electron chi connectivity index (χ0n) is 16.9. The summed E-state index contributed by atoms with van der Waals surface area (Å²) in [6, 6.07) is 16.8. The summed E-state index contributed by atoms with van der Waals surface area (Å²) in [6.07, 6.45) is 3.30. The molecule has 0 atom stereocenters. The Morgan fingerprint density at radius 2 is 1.90 bits per heavy atom. The zero-order valence-corrected chi connectivity index (χ0v) is 16.9. The van der Waals surface area contributed by atoms with Crippen molar-refractivity contribution >= 4 is 17.8 Å². The van der Waals surface area contributed by atoms with Crippen LogP contribution in [0.25, 0.3) is 11.3 Å². The summed E-state index contributed by atoms with van der Waals surface area (Å²) in [5.74, 6) is 1.10. The van der Waals surface area contributed by atoms with Crippen molar-refractivity contribution in [3.63, 3.8) is 0 Å².